The number of carbonyl (C=O) groups excluding carboxylic acids is 3. The maximum Gasteiger partial charge on any atom is 0.250 e. The summed E-state index contributed by atoms with van der Waals surface area (Å²) in [6.07, 6.45) is 9.40. The van der Waals surface area contributed by atoms with Crippen LogP contribution in [-0.4, -0.2) is 57.0 Å². The second-order valence-electron chi connectivity index (χ2n) is 9.56. The zero-order valence-electron chi connectivity index (χ0n) is 18.1. The van der Waals surface area contributed by atoms with Crippen LogP contribution in [0.4, 0.5) is 0 Å². The molecule has 0 aromatic carbocycles. The molecule has 7 heteroatoms. The van der Waals surface area contributed by atoms with E-state index >= 15 is 0 Å². The summed E-state index contributed by atoms with van der Waals surface area (Å²) in [4.78, 5) is 46.5. The van der Waals surface area contributed by atoms with Crippen LogP contribution in [0.1, 0.15) is 66.7 Å². The van der Waals surface area contributed by atoms with E-state index in [0.717, 1.165) is 31.3 Å². The van der Waals surface area contributed by atoms with Crippen molar-refractivity contribution in [1.82, 2.24) is 15.1 Å². The third-order valence-electron chi connectivity index (χ3n) is 5.67. The molecule has 1 atom stereocenters. The van der Waals surface area contributed by atoms with Crippen LogP contribution in [0.15, 0.2) is 28.9 Å². The van der Waals surface area contributed by atoms with Gasteiger partial charge >= 0.3 is 0 Å². The van der Waals surface area contributed by atoms with Crippen LogP contribution in [0.25, 0.3) is 0 Å². The van der Waals surface area contributed by atoms with E-state index < -0.39 is 5.54 Å². The number of nitrogens with zero attached hydrogens (tertiary/aromatic N) is 3. The molecule has 29 heavy (non-hydrogen) atoms. The van der Waals surface area contributed by atoms with Crippen LogP contribution in [0.3, 0.4) is 0 Å². The molecule has 1 N–H and O–H groups in total. The first kappa shape index (κ1) is 21.3. The molecule has 3 rings (SSSR count). The summed E-state index contributed by atoms with van der Waals surface area (Å²) in [5.74, 6) is -0.186. The Bertz CT molecular complexity index is 799. The highest BCUT2D eigenvalue weighted by Gasteiger charge is 2.49. The van der Waals surface area contributed by atoms with Gasteiger partial charge in [-0.1, -0.05) is 12.8 Å². The molecule has 1 fully saturated rings. The lowest BCUT2D eigenvalue weighted by Crippen LogP contribution is -2.63. The monoisotopic (exact) mass is 400 g/mol. The van der Waals surface area contributed by atoms with Gasteiger partial charge in [0.2, 0.25) is 11.8 Å². The zero-order valence-corrected chi connectivity index (χ0v) is 18.1. The number of nitrogens with one attached hydrogen (secondary N) is 1. The normalized spacial score (nSPS) is 24.7. The minimum absolute atomic E-state index is 0.00330. The maximum atomic E-state index is 13.8. The molecule has 3 aliphatic rings. The van der Waals surface area contributed by atoms with Crippen molar-refractivity contribution in [3.05, 3.63) is 23.9 Å². The summed E-state index contributed by atoms with van der Waals surface area (Å²) in [6, 6.07) is 0.0218. The quantitative estimate of drug-likeness (QED) is 0.786. The van der Waals surface area contributed by atoms with Gasteiger partial charge < -0.3 is 15.1 Å². The van der Waals surface area contributed by atoms with Crippen molar-refractivity contribution < 1.29 is 14.4 Å². The molecule has 0 saturated heterocycles. The zero-order chi connectivity index (χ0) is 21.4. The SMILES string of the molecule is CC1=CC2=NC(=O)C[C@@](C)(C(=O)N(CC(=O)NC(C)(C)C)C3CCCC3)N2C=C1. The molecule has 0 bridgehead atoms. The van der Waals surface area contributed by atoms with Gasteiger partial charge in [0.1, 0.15) is 11.4 Å². The average Bonchev–Trinajstić information content (AvgIpc) is 3.11. The van der Waals surface area contributed by atoms with Gasteiger partial charge in [0, 0.05) is 17.8 Å². The van der Waals surface area contributed by atoms with Crippen molar-refractivity contribution in [1.29, 1.82) is 0 Å². The second kappa shape index (κ2) is 7.76. The van der Waals surface area contributed by atoms with Gasteiger partial charge in [-0.2, -0.15) is 4.99 Å². The van der Waals surface area contributed by atoms with Crippen LogP contribution in [-0.2, 0) is 14.4 Å². The topological polar surface area (TPSA) is 82.1 Å². The molecule has 7 nitrogen and oxygen atoms in total. The number of aliphatic imine (C=N–C) groups is 1. The minimum atomic E-state index is -1.09. The molecule has 0 radical (unpaired) electrons. The average molecular weight is 401 g/mol. The lowest BCUT2D eigenvalue weighted by Gasteiger charge is -2.45. The van der Waals surface area contributed by atoms with Crippen molar-refractivity contribution in [3.8, 4) is 0 Å². The van der Waals surface area contributed by atoms with Gasteiger partial charge in [0.25, 0.3) is 5.91 Å². The van der Waals surface area contributed by atoms with Gasteiger partial charge in [-0.3, -0.25) is 14.4 Å². The van der Waals surface area contributed by atoms with E-state index in [2.05, 4.69) is 10.3 Å². The number of carbonyl (C=O) groups is 3. The lowest BCUT2D eigenvalue weighted by atomic mass is 9.89. The number of hydrogen-bond donors (Lipinski definition) is 1. The van der Waals surface area contributed by atoms with E-state index in [1.165, 1.54) is 0 Å². The highest BCUT2D eigenvalue weighted by molar-refractivity contribution is 6.10. The molecule has 3 amide bonds. The Morgan fingerprint density at radius 1 is 1.31 bits per heavy atom. The van der Waals surface area contributed by atoms with E-state index in [9.17, 15) is 14.4 Å². The number of allylic oxidation sites excluding steroid dienone is 2. The molecular formula is C22H32N4O3. The van der Waals surface area contributed by atoms with Crippen LogP contribution >= 0.6 is 0 Å². The van der Waals surface area contributed by atoms with E-state index in [-0.39, 0.29) is 42.3 Å². The summed E-state index contributed by atoms with van der Waals surface area (Å²) >= 11 is 0. The summed E-state index contributed by atoms with van der Waals surface area (Å²) in [7, 11) is 0. The van der Waals surface area contributed by atoms with Crippen molar-refractivity contribution in [2.75, 3.05) is 6.54 Å². The second-order valence-corrected chi connectivity index (χ2v) is 9.56. The van der Waals surface area contributed by atoms with E-state index in [1.807, 2.05) is 46.0 Å². The van der Waals surface area contributed by atoms with Gasteiger partial charge in [-0.05, 0) is 65.2 Å². The number of fused-ring (bicyclic) bond motifs is 1. The highest BCUT2D eigenvalue weighted by Crippen LogP contribution is 2.33. The van der Waals surface area contributed by atoms with Gasteiger partial charge in [0.15, 0.2) is 0 Å². The Balaban J connectivity index is 1.90. The number of hydrogen-bond acceptors (Lipinski definition) is 4. The highest BCUT2D eigenvalue weighted by atomic mass is 16.2. The molecule has 1 saturated carbocycles. The van der Waals surface area contributed by atoms with Gasteiger partial charge in [0.05, 0.1) is 13.0 Å². The fourth-order valence-corrected chi connectivity index (χ4v) is 4.32. The first-order valence-corrected chi connectivity index (χ1v) is 10.4. The van der Waals surface area contributed by atoms with Crippen molar-refractivity contribution in [2.24, 2.45) is 4.99 Å². The van der Waals surface area contributed by atoms with Gasteiger partial charge in [-0.25, -0.2) is 0 Å². The third kappa shape index (κ3) is 4.60. The van der Waals surface area contributed by atoms with Gasteiger partial charge in [-0.15, -0.1) is 0 Å². The number of amidine groups is 1. The lowest BCUT2D eigenvalue weighted by molar-refractivity contribution is -0.148. The Morgan fingerprint density at radius 2 is 1.97 bits per heavy atom. The molecule has 2 heterocycles. The number of rotatable bonds is 4. The number of amides is 3. The smallest absolute Gasteiger partial charge is 0.250 e. The molecule has 0 spiro atoms. The van der Waals surface area contributed by atoms with E-state index in [0.29, 0.717) is 5.84 Å². The fourth-order valence-electron chi connectivity index (χ4n) is 4.32. The van der Waals surface area contributed by atoms with Crippen LogP contribution in [0.2, 0.25) is 0 Å². The van der Waals surface area contributed by atoms with Crippen molar-refractivity contribution in [3.63, 3.8) is 0 Å². The molecule has 2 aliphatic heterocycles. The molecule has 0 unspecified atom stereocenters. The van der Waals surface area contributed by atoms with Crippen molar-refractivity contribution in [2.45, 2.75) is 83.8 Å². The van der Waals surface area contributed by atoms with Crippen molar-refractivity contribution >= 4 is 23.6 Å². The van der Waals surface area contributed by atoms with E-state index in [1.54, 1.807) is 16.7 Å². The fraction of sp³-hybridized carbons (Fsp3) is 0.636. The van der Waals surface area contributed by atoms with Crippen LogP contribution in [0.5, 0.6) is 0 Å². The Labute approximate surface area is 172 Å². The Morgan fingerprint density at radius 3 is 2.59 bits per heavy atom. The minimum Gasteiger partial charge on any atom is -0.350 e. The molecule has 158 valence electrons. The standard InChI is InChI=1S/C22H32N4O3/c1-15-10-11-26-17(12-15)23-18(27)13-22(26,5)20(29)25(16-8-6-7-9-16)14-19(28)24-21(2,3)4/h10-12,16H,6-9,13-14H2,1-5H3,(H,24,28)/t22-/m0/s1. The summed E-state index contributed by atoms with van der Waals surface area (Å²) in [5, 5.41) is 2.95. The maximum absolute atomic E-state index is 13.8. The first-order valence-electron chi connectivity index (χ1n) is 10.4. The summed E-state index contributed by atoms with van der Waals surface area (Å²) in [6.45, 7) is 9.47. The summed E-state index contributed by atoms with van der Waals surface area (Å²) < 4.78 is 0. The molecular weight excluding hydrogens is 368 g/mol. The van der Waals surface area contributed by atoms with Crippen LogP contribution in [0, 0.1) is 0 Å². The Kier molecular flexibility index (Phi) is 5.70. The Hall–Kier alpha value is -2.44. The predicted molar refractivity (Wildman–Crippen MR) is 112 cm³/mol. The third-order valence-corrected chi connectivity index (χ3v) is 5.67. The molecule has 0 aromatic heterocycles. The largest absolute Gasteiger partial charge is 0.350 e. The predicted octanol–water partition coefficient (Wildman–Crippen LogP) is 2.54. The molecule has 1 aliphatic carbocycles. The van der Waals surface area contributed by atoms with E-state index in [4.69, 9.17) is 0 Å². The molecule has 0 aromatic rings. The van der Waals surface area contributed by atoms with Crippen LogP contribution < -0.4 is 5.32 Å². The first-order chi connectivity index (χ1) is 13.5. The summed E-state index contributed by atoms with van der Waals surface area (Å²) in [5.41, 5.74) is -0.488.